The van der Waals surface area contributed by atoms with Crippen LogP contribution in [-0.2, 0) is 16.0 Å². The number of pyridine rings is 3. The first kappa shape index (κ1) is 24.1. The Labute approximate surface area is 188 Å². The maximum Gasteiger partial charge on any atom is 0.417 e. The van der Waals surface area contributed by atoms with Gasteiger partial charge < -0.3 is 10.6 Å². The van der Waals surface area contributed by atoms with E-state index < -0.39 is 32.2 Å². The van der Waals surface area contributed by atoms with E-state index in [2.05, 4.69) is 25.6 Å². The Morgan fingerprint density at radius 2 is 1.67 bits per heavy atom. The van der Waals surface area contributed by atoms with Crippen molar-refractivity contribution in [2.75, 3.05) is 10.6 Å². The Bertz CT molecular complexity index is 1270. The zero-order chi connectivity index (χ0) is 24.4. The molecule has 0 unspecified atom stereocenters. The summed E-state index contributed by atoms with van der Waals surface area (Å²) in [6.45, 7) is 4.64. The van der Waals surface area contributed by atoms with Crippen LogP contribution in [0.3, 0.4) is 0 Å². The van der Waals surface area contributed by atoms with Crippen molar-refractivity contribution in [3.8, 4) is 0 Å². The average Bonchev–Trinajstić information content (AvgIpc) is 2.73. The summed E-state index contributed by atoms with van der Waals surface area (Å²) >= 11 is 0. The lowest BCUT2D eigenvalue weighted by molar-refractivity contribution is -0.137. The maximum atomic E-state index is 12.9. The van der Waals surface area contributed by atoms with Gasteiger partial charge in [-0.1, -0.05) is 0 Å². The first-order chi connectivity index (χ1) is 15.3. The molecule has 0 radical (unpaired) electrons. The molecule has 12 heteroatoms. The van der Waals surface area contributed by atoms with Crippen molar-refractivity contribution >= 4 is 33.1 Å². The largest absolute Gasteiger partial charge is 0.417 e. The van der Waals surface area contributed by atoms with Gasteiger partial charge in [-0.3, -0.25) is 9.78 Å². The van der Waals surface area contributed by atoms with Gasteiger partial charge in [0.2, 0.25) is 0 Å². The lowest BCUT2D eigenvalue weighted by Gasteiger charge is -2.21. The zero-order valence-corrected chi connectivity index (χ0v) is 18.6. The minimum Gasteiger partial charge on any atom is -0.325 e. The number of amides is 1. The molecule has 0 saturated carbocycles. The minimum absolute atomic E-state index is 0.0214. The smallest absolute Gasteiger partial charge is 0.325 e. The number of sulfone groups is 1. The molecule has 0 aliphatic rings. The van der Waals surface area contributed by atoms with Gasteiger partial charge in [-0.05, 0) is 51.1 Å². The highest BCUT2D eigenvalue weighted by molar-refractivity contribution is 7.93. The molecule has 0 fully saturated rings. The Balaban J connectivity index is 1.82. The van der Waals surface area contributed by atoms with E-state index in [1.54, 1.807) is 20.8 Å². The van der Waals surface area contributed by atoms with Gasteiger partial charge in [0.25, 0.3) is 5.91 Å². The predicted molar refractivity (Wildman–Crippen MR) is 116 cm³/mol. The summed E-state index contributed by atoms with van der Waals surface area (Å²) < 4.78 is 62.6. The number of carbonyl (C=O) groups excluding carboxylic acids is 1. The fourth-order valence-electron chi connectivity index (χ4n) is 2.64. The number of aromatic nitrogens is 3. The number of nitrogens with one attached hydrogen (secondary N) is 2. The van der Waals surface area contributed by atoms with Crippen molar-refractivity contribution in [3.63, 3.8) is 0 Å². The SMILES string of the molecule is CC(C)(C)S(=O)(=O)c1ccncc1NC(=O)c1ccnc(Nc2ccc(C(F)(F)F)cn2)c1. The summed E-state index contributed by atoms with van der Waals surface area (Å²) in [7, 11) is -3.77. The average molecular weight is 479 g/mol. The summed E-state index contributed by atoms with van der Waals surface area (Å²) in [5.41, 5.74) is -0.748. The Morgan fingerprint density at radius 1 is 0.939 bits per heavy atom. The molecular formula is C21H20F3N5O3S. The third kappa shape index (κ3) is 5.45. The van der Waals surface area contributed by atoms with Crippen LogP contribution in [0.1, 0.15) is 36.7 Å². The second-order valence-corrected chi connectivity index (χ2v) is 10.6. The van der Waals surface area contributed by atoms with Crippen LogP contribution < -0.4 is 10.6 Å². The molecule has 0 bridgehead atoms. The van der Waals surface area contributed by atoms with Crippen molar-refractivity contribution in [1.82, 2.24) is 15.0 Å². The fourth-order valence-corrected chi connectivity index (χ4v) is 3.93. The highest BCUT2D eigenvalue weighted by Crippen LogP contribution is 2.31. The first-order valence-electron chi connectivity index (χ1n) is 9.55. The molecule has 174 valence electrons. The topological polar surface area (TPSA) is 114 Å². The van der Waals surface area contributed by atoms with Gasteiger partial charge in [-0.25, -0.2) is 18.4 Å². The Hall–Kier alpha value is -3.54. The van der Waals surface area contributed by atoms with Crippen molar-refractivity contribution in [1.29, 1.82) is 0 Å². The van der Waals surface area contributed by atoms with Gasteiger partial charge in [0.15, 0.2) is 9.84 Å². The van der Waals surface area contributed by atoms with E-state index >= 15 is 0 Å². The summed E-state index contributed by atoms with van der Waals surface area (Å²) in [6.07, 6.45) is 0.0477. The Morgan fingerprint density at radius 3 is 2.27 bits per heavy atom. The summed E-state index contributed by atoms with van der Waals surface area (Å²) in [4.78, 5) is 24.3. The van der Waals surface area contributed by atoms with E-state index in [1.165, 1.54) is 36.8 Å². The third-order valence-electron chi connectivity index (χ3n) is 4.49. The van der Waals surface area contributed by atoms with Crippen molar-refractivity contribution in [2.45, 2.75) is 36.6 Å². The van der Waals surface area contributed by atoms with E-state index in [4.69, 9.17) is 0 Å². The van der Waals surface area contributed by atoms with Gasteiger partial charge in [0.1, 0.15) is 11.6 Å². The van der Waals surface area contributed by atoms with Gasteiger partial charge in [0.05, 0.1) is 27.1 Å². The molecule has 1 amide bonds. The van der Waals surface area contributed by atoms with Crippen LogP contribution in [-0.4, -0.2) is 34.0 Å². The van der Waals surface area contributed by atoms with E-state index in [0.717, 1.165) is 12.1 Å². The summed E-state index contributed by atoms with van der Waals surface area (Å²) in [6, 6.07) is 6.06. The Kier molecular flexibility index (Phi) is 6.41. The molecule has 0 aromatic carbocycles. The molecule has 3 aromatic heterocycles. The normalized spacial score (nSPS) is 12.3. The number of halogens is 3. The van der Waals surface area contributed by atoms with Crippen molar-refractivity contribution in [3.05, 3.63) is 66.2 Å². The maximum absolute atomic E-state index is 12.9. The van der Waals surface area contributed by atoms with Crippen LogP contribution in [0, 0.1) is 0 Å². The molecule has 8 nitrogen and oxygen atoms in total. The van der Waals surface area contributed by atoms with Crippen LogP contribution in [0.25, 0.3) is 0 Å². The molecule has 3 heterocycles. The molecule has 2 N–H and O–H groups in total. The lowest BCUT2D eigenvalue weighted by Crippen LogP contribution is -2.29. The van der Waals surface area contributed by atoms with Crippen LogP contribution >= 0.6 is 0 Å². The van der Waals surface area contributed by atoms with E-state index in [1.807, 2.05) is 0 Å². The van der Waals surface area contributed by atoms with Crippen molar-refractivity contribution in [2.24, 2.45) is 0 Å². The number of nitrogens with zero attached hydrogens (tertiary/aromatic N) is 3. The van der Waals surface area contributed by atoms with Crippen molar-refractivity contribution < 1.29 is 26.4 Å². The number of rotatable bonds is 5. The highest BCUT2D eigenvalue weighted by Gasteiger charge is 2.33. The first-order valence-corrected chi connectivity index (χ1v) is 11.0. The second-order valence-electron chi connectivity index (χ2n) is 7.93. The summed E-state index contributed by atoms with van der Waals surface area (Å²) in [5, 5.41) is 5.26. The van der Waals surface area contributed by atoms with Gasteiger partial charge in [0, 0.05) is 24.2 Å². The van der Waals surface area contributed by atoms with E-state index in [0.29, 0.717) is 6.20 Å². The number of hydrogen-bond acceptors (Lipinski definition) is 7. The van der Waals surface area contributed by atoms with E-state index in [9.17, 15) is 26.4 Å². The minimum atomic E-state index is -4.51. The standard InChI is InChI=1S/C21H20F3N5O3S/c1-20(2,3)33(31,32)16-7-8-25-12-15(16)28-19(30)13-6-9-26-18(10-13)29-17-5-4-14(11-27-17)21(22,23)24/h4-12H,1-3H3,(H,28,30)(H,26,27,29). The van der Waals surface area contributed by atoms with Gasteiger partial charge in [-0.15, -0.1) is 0 Å². The quantitative estimate of drug-likeness (QED) is 0.555. The number of anilines is 3. The molecule has 0 spiro atoms. The van der Waals surface area contributed by atoms with Gasteiger partial charge >= 0.3 is 6.18 Å². The summed E-state index contributed by atoms with van der Waals surface area (Å²) in [5.74, 6) is -0.373. The second kappa shape index (κ2) is 8.77. The molecule has 0 aliphatic carbocycles. The molecule has 0 aliphatic heterocycles. The molecule has 3 rings (SSSR count). The van der Waals surface area contributed by atoms with Gasteiger partial charge in [-0.2, -0.15) is 13.2 Å². The monoisotopic (exact) mass is 479 g/mol. The van der Waals surface area contributed by atoms with Crippen LogP contribution in [0.2, 0.25) is 0 Å². The molecule has 0 atom stereocenters. The van der Waals surface area contributed by atoms with Crippen LogP contribution in [0.15, 0.2) is 60.0 Å². The number of hydrogen-bond donors (Lipinski definition) is 2. The van der Waals surface area contributed by atoms with E-state index in [-0.39, 0.29) is 27.8 Å². The molecule has 33 heavy (non-hydrogen) atoms. The fraction of sp³-hybridized carbons (Fsp3) is 0.238. The van der Waals surface area contributed by atoms with Crippen LogP contribution in [0.4, 0.5) is 30.5 Å². The highest BCUT2D eigenvalue weighted by atomic mass is 32.2. The number of carbonyl (C=O) groups is 1. The molecule has 0 saturated heterocycles. The third-order valence-corrected chi connectivity index (χ3v) is 7.04. The lowest BCUT2D eigenvalue weighted by atomic mass is 10.2. The molecular weight excluding hydrogens is 459 g/mol. The molecule has 3 aromatic rings. The van der Waals surface area contributed by atoms with Crippen LogP contribution in [0.5, 0.6) is 0 Å². The predicted octanol–water partition coefficient (Wildman–Crippen LogP) is 4.46. The zero-order valence-electron chi connectivity index (χ0n) is 17.8. The number of alkyl halides is 3.